The number of nitrogens with zero attached hydrogens (tertiary/aromatic N) is 2. The minimum Gasteiger partial charge on any atom is -0.469 e. The van der Waals surface area contributed by atoms with Crippen molar-refractivity contribution in [2.75, 3.05) is 14.2 Å². The molecule has 44 heavy (non-hydrogen) atoms. The first kappa shape index (κ1) is 30.7. The summed E-state index contributed by atoms with van der Waals surface area (Å²) < 4.78 is 9.89. The first-order chi connectivity index (χ1) is 21.1. The smallest absolute Gasteiger partial charge is 0.305 e. The molecular weight excluding hydrogens is 552 g/mol. The third kappa shape index (κ3) is 5.64. The number of esters is 2. The number of hydrogen-bond acceptors (Lipinski definition) is 6. The lowest BCUT2D eigenvalue weighted by atomic mass is 9.99. The average molecular weight is 593 g/mol. The van der Waals surface area contributed by atoms with Crippen LogP contribution in [0.2, 0.25) is 0 Å². The molecule has 3 aromatic rings. The molecule has 0 fully saturated rings. The number of aryl methyl sites for hydroxylation is 3. The van der Waals surface area contributed by atoms with Crippen molar-refractivity contribution < 1.29 is 19.1 Å². The van der Waals surface area contributed by atoms with E-state index in [-0.39, 0.29) is 24.8 Å². The molecule has 3 aromatic heterocycles. The quantitative estimate of drug-likeness (QED) is 0.257. The zero-order chi connectivity index (χ0) is 31.7. The molecule has 0 radical (unpaired) electrons. The van der Waals surface area contributed by atoms with E-state index in [2.05, 4.69) is 69.4 Å². The van der Waals surface area contributed by atoms with E-state index in [0.717, 1.165) is 95.8 Å². The van der Waals surface area contributed by atoms with E-state index in [1.54, 1.807) is 0 Å². The topological polar surface area (TPSA) is 110 Å². The van der Waals surface area contributed by atoms with Crippen molar-refractivity contribution in [2.45, 2.75) is 66.7 Å². The number of nitrogens with one attached hydrogen (secondary N) is 2. The van der Waals surface area contributed by atoms with Gasteiger partial charge in [0.25, 0.3) is 0 Å². The lowest BCUT2D eigenvalue weighted by Gasteiger charge is -2.04. The fraction of sp³-hybridized carbons (Fsp3) is 0.333. The number of methoxy groups -OCH3 is 2. The number of carbonyl (C=O) groups is 2. The summed E-state index contributed by atoms with van der Waals surface area (Å²) in [6.07, 6.45) is 4.26. The Morgan fingerprint density at radius 3 is 1.91 bits per heavy atom. The summed E-state index contributed by atoms with van der Waals surface area (Å²) in [5, 5.41) is 0. The number of aromatic amines is 2. The highest BCUT2D eigenvalue weighted by molar-refractivity contribution is 5.96. The predicted molar refractivity (Wildman–Crippen MR) is 177 cm³/mol. The Morgan fingerprint density at radius 2 is 1.27 bits per heavy atom. The Kier molecular flexibility index (Phi) is 8.72. The van der Waals surface area contributed by atoms with Gasteiger partial charge in [0.2, 0.25) is 0 Å². The van der Waals surface area contributed by atoms with Crippen LogP contribution in [-0.2, 0) is 25.5 Å². The van der Waals surface area contributed by atoms with Crippen LogP contribution < -0.4 is 0 Å². The molecule has 0 saturated carbocycles. The highest BCUT2D eigenvalue weighted by atomic mass is 16.5. The van der Waals surface area contributed by atoms with E-state index < -0.39 is 0 Å². The largest absolute Gasteiger partial charge is 0.469 e. The van der Waals surface area contributed by atoms with E-state index >= 15 is 0 Å². The third-order valence-electron chi connectivity index (χ3n) is 8.89. The predicted octanol–water partition coefficient (Wildman–Crippen LogP) is 7.90. The summed E-state index contributed by atoms with van der Waals surface area (Å²) in [7, 11) is 2.83. The minimum atomic E-state index is -0.259. The fourth-order valence-corrected chi connectivity index (χ4v) is 6.19. The number of fused-ring (bicyclic) bond motifs is 8. The molecule has 0 unspecified atom stereocenters. The van der Waals surface area contributed by atoms with Gasteiger partial charge < -0.3 is 19.4 Å². The molecule has 2 aliphatic heterocycles. The molecule has 0 aliphatic carbocycles. The zero-order valence-corrected chi connectivity index (χ0v) is 26.7. The number of rotatable bonds is 8. The van der Waals surface area contributed by atoms with Crippen molar-refractivity contribution in [3.63, 3.8) is 0 Å². The van der Waals surface area contributed by atoms with Gasteiger partial charge in [-0.25, -0.2) is 9.97 Å². The molecule has 0 atom stereocenters. The Bertz CT molecular complexity index is 1920. The van der Waals surface area contributed by atoms with Crippen molar-refractivity contribution >= 4 is 62.4 Å². The SMILES string of the molecule is C=Cc1c(C)c2cc3[nH]c(cc4nc(cc5nc(cc1[nH]2)C(C)=C5CCC(=O)OC)C(C)=C4CC)c(CCC(=O)OC)c3C. The van der Waals surface area contributed by atoms with Crippen LogP contribution in [0.3, 0.4) is 0 Å². The molecule has 5 heterocycles. The second-order valence-electron chi connectivity index (χ2n) is 11.3. The monoisotopic (exact) mass is 592 g/mol. The molecule has 228 valence electrons. The molecule has 2 aliphatic rings. The third-order valence-corrected chi connectivity index (χ3v) is 8.89. The number of H-pyrrole nitrogens is 2. The second kappa shape index (κ2) is 12.5. The van der Waals surface area contributed by atoms with Gasteiger partial charge in [-0.2, -0.15) is 0 Å². The summed E-state index contributed by atoms with van der Waals surface area (Å²) in [6.45, 7) is 14.5. The molecule has 0 amide bonds. The molecule has 8 heteroatoms. The number of hydrogen-bond donors (Lipinski definition) is 2. The van der Waals surface area contributed by atoms with Gasteiger partial charge in [-0.15, -0.1) is 0 Å². The summed E-state index contributed by atoms with van der Waals surface area (Å²) >= 11 is 0. The Hall–Kier alpha value is -4.72. The number of aromatic nitrogens is 4. The maximum Gasteiger partial charge on any atom is 0.305 e. The lowest BCUT2D eigenvalue weighted by molar-refractivity contribution is -0.141. The zero-order valence-electron chi connectivity index (χ0n) is 26.7. The lowest BCUT2D eigenvalue weighted by Crippen LogP contribution is -2.02. The molecule has 2 N–H and O–H groups in total. The van der Waals surface area contributed by atoms with E-state index in [4.69, 9.17) is 19.4 Å². The number of ether oxygens (including phenoxy) is 2. The van der Waals surface area contributed by atoms with E-state index in [9.17, 15) is 9.59 Å². The van der Waals surface area contributed by atoms with Crippen molar-refractivity contribution in [2.24, 2.45) is 0 Å². The first-order valence-corrected chi connectivity index (χ1v) is 15.0. The Morgan fingerprint density at radius 1 is 0.727 bits per heavy atom. The first-order valence-electron chi connectivity index (χ1n) is 15.0. The number of allylic oxidation sites excluding steroid dienone is 4. The van der Waals surface area contributed by atoms with E-state index in [1.165, 1.54) is 14.2 Å². The van der Waals surface area contributed by atoms with Gasteiger partial charge in [0, 0.05) is 40.5 Å². The van der Waals surface area contributed by atoms with E-state index in [1.807, 2.05) is 12.1 Å². The van der Waals surface area contributed by atoms with Crippen molar-refractivity contribution in [1.29, 1.82) is 0 Å². The Labute approximate surface area is 258 Å². The summed E-state index contributed by atoms with van der Waals surface area (Å²) in [4.78, 5) is 41.6. The normalized spacial score (nSPS) is 13.0. The van der Waals surface area contributed by atoms with Crippen molar-refractivity contribution in [3.8, 4) is 0 Å². The van der Waals surface area contributed by atoms with Crippen molar-refractivity contribution in [3.05, 3.63) is 75.9 Å². The highest BCUT2D eigenvalue weighted by Crippen LogP contribution is 2.37. The van der Waals surface area contributed by atoms with Gasteiger partial charge in [0.1, 0.15) is 0 Å². The molecule has 8 nitrogen and oxygen atoms in total. The minimum absolute atomic E-state index is 0.246. The molecule has 0 aromatic carbocycles. The van der Waals surface area contributed by atoms with Crippen LogP contribution in [-0.4, -0.2) is 46.1 Å². The van der Waals surface area contributed by atoms with Gasteiger partial charge in [0.15, 0.2) is 0 Å². The van der Waals surface area contributed by atoms with Gasteiger partial charge in [-0.05, 0) is 110 Å². The average Bonchev–Trinajstić information content (AvgIpc) is 3.67. The van der Waals surface area contributed by atoms with Crippen molar-refractivity contribution in [1.82, 2.24) is 19.9 Å². The van der Waals surface area contributed by atoms with Crippen LogP contribution in [0.5, 0.6) is 0 Å². The fourth-order valence-electron chi connectivity index (χ4n) is 6.19. The maximum atomic E-state index is 12.1. The van der Waals surface area contributed by atoms with Gasteiger partial charge in [-0.1, -0.05) is 19.6 Å². The highest BCUT2D eigenvalue weighted by Gasteiger charge is 2.22. The molecular formula is C36H40N4O4. The maximum absolute atomic E-state index is 12.1. The number of carbonyl (C=O) groups excluding carboxylic acids is 2. The van der Waals surface area contributed by atoms with Crippen LogP contribution in [0.4, 0.5) is 0 Å². The van der Waals surface area contributed by atoms with Crippen LogP contribution in [0.15, 0.2) is 30.8 Å². The summed E-state index contributed by atoms with van der Waals surface area (Å²) in [5.74, 6) is -0.504. The standard InChI is InChI=1S/C36H40N4O4/c1-9-23-19(3)27-15-28-21(5)26(12-14-36(42)44-8)34(39-28)18-32-24(10-2)20(4)29(38-32)17-33-25(11-13-35(41)43-7)22(6)30(40-33)16-31(23)37-27/h9,15-18,37,39H,1,10-14H2,2-8H3. The van der Waals surface area contributed by atoms with Crippen LogP contribution in [0.25, 0.3) is 50.4 Å². The molecule has 0 spiro atoms. The Balaban J connectivity index is 1.89. The van der Waals surface area contributed by atoms with Gasteiger partial charge in [0.05, 0.1) is 37.0 Å². The van der Waals surface area contributed by atoms with Crippen LogP contribution in [0.1, 0.15) is 91.5 Å². The molecule has 8 bridgehead atoms. The molecule has 5 rings (SSSR count). The second-order valence-corrected chi connectivity index (χ2v) is 11.3. The van der Waals surface area contributed by atoms with Gasteiger partial charge >= 0.3 is 11.9 Å². The van der Waals surface area contributed by atoms with E-state index in [0.29, 0.717) is 12.8 Å². The van der Waals surface area contributed by atoms with Crippen LogP contribution >= 0.6 is 0 Å². The van der Waals surface area contributed by atoms with Crippen LogP contribution in [0, 0.1) is 13.8 Å². The molecule has 0 saturated heterocycles. The summed E-state index contributed by atoms with van der Waals surface area (Å²) in [6, 6.07) is 8.29. The summed E-state index contributed by atoms with van der Waals surface area (Å²) in [5.41, 5.74) is 15.6. The van der Waals surface area contributed by atoms with Gasteiger partial charge in [-0.3, -0.25) is 9.59 Å².